The van der Waals surface area contributed by atoms with Gasteiger partial charge in [-0.05, 0) is 23.8 Å². The average molecular weight is 368 g/mol. The number of rotatable bonds is 5. The van der Waals surface area contributed by atoms with Crippen molar-refractivity contribution in [3.8, 4) is 5.75 Å². The van der Waals surface area contributed by atoms with Crippen molar-refractivity contribution in [1.82, 2.24) is 0 Å². The number of anilines is 1. The minimum atomic E-state index is -0.585. The van der Waals surface area contributed by atoms with E-state index in [2.05, 4.69) is 5.32 Å². The molecule has 1 N–H and O–H groups in total. The van der Waals surface area contributed by atoms with Gasteiger partial charge in [-0.15, -0.1) is 0 Å². The van der Waals surface area contributed by atoms with Gasteiger partial charge in [0.25, 0.3) is 0 Å². The van der Waals surface area contributed by atoms with Crippen LogP contribution in [0, 0.1) is 0 Å². The molecular weight excluding hydrogens is 353 g/mol. The lowest BCUT2D eigenvalue weighted by atomic mass is 10.1. The van der Waals surface area contributed by atoms with E-state index in [1.165, 1.54) is 26.2 Å². The molecule has 2 aromatic rings. The first-order chi connectivity index (χ1) is 11.4. The SMILES string of the molecule is COc1cc(NC(C)=O)c(Cl)cc1C(=O)OCc1ccc(Cl)cc1. The lowest BCUT2D eigenvalue weighted by Gasteiger charge is -2.12. The van der Waals surface area contributed by atoms with Gasteiger partial charge in [0.15, 0.2) is 0 Å². The van der Waals surface area contributed by atoms with Gasteiger partial charge in [0.05, 0.1) is 17.8 Å². The normalized spacial score (nSPS) is 10.2. The van der Waals surface area contributed by atoms with Crippen LogP contribution in [-0.4, -0.2) is 19.0 Å². The first-order valence-corrected chi connectivity index (χ1v) is 7.73. The maximum Gasteiger partial charge on any atom is 0.342 e. The number of carbonyl (C=O) groups excluding carboxylic acids is 2. The van der Waals surface area contributed by atoms with Crippen LogP contribution in [0.25, 0.3) is 0 Å². The van der Waals surface area contributed by atoms with E-state index in [1.807, 2.05) is 0 Å². The van der Waals surface area contributed by atoms with Crippen molar-refractivity contribution in [2.24, 2.45) is 0 Å². The van der Waals surface area contributed by atoms with Crippen molar-refractivity contribution < 1.29 is 19.1 Å². The third-order valence-corrected chi connectivity index (χ3v) is 3.67. The highest BCUT2D eigenvalue weighted by molar-refractivity contribution is 6.34. The van der Waals surface area contributed by atoms with Crippen LogP contribution >= 0.6 is 23.2 Å². The molecule has 0 saturated carbocycles. The van der Waals surface area contributed by atoms with Crippen LogP contribution in [0.3, 0.4) is 0 Å². The summed E-state index contributed by atoms with van der Waals surface area (Å²) in [5.74, 6) is -0.612. The molecule has 7 heteroatoms. The van der Waals surface area contributed by atoms with Gasteiger partial charge in [-0.2, -0.15) is 0 Å². The van der Waals surface area contributed by atoms with Gasteiger partial charge < -0.3 is 14.8 Å². The van der Waals surface area contributed by atoms with Crippen LogP contribution in [0.5, 0.6) is 5.75 Å². The number of ether oxygens (including phenoxy) is 2. The molecule has 0 atom stereocenters. The number of nitrogens with one attached hydrogen (secondary N) is 1. The predicted molar refractivity (Wildman–Crippen MR) is 92.9 cm³/mol. The average Bonchev–Trinajstić information content (AvgIpc) is 2.55. The highest BCUT2D eigenvalue weighted by Crippen LogP contribution is 2.31. The van der Waals surface area contributed by atoms with Crippen molar-refractivity contribution in [2.45, 2.75) is 13.5 Å². The molecule has 0 aliphatic heterocycles. The maximum atomic E-state index is 12.3. The Bertz CT molecular complexity index is 760. The van der Waals surface area contributed by atoms with Gasteiger partial charge in [0.2, 0.25) is 5.91 Å². The molecule has 5 nitrogen and oxygen atoms in total. The van der Waals surface area contributed by atoms with Crippen LogP contribution in [0.4, 0.5) is 5.69 Å². The molecule has 0 bridgehead atoms. The summed E-state index contributed by atoms with van der Waals surface area (Å²) in [7, 11) is 1.41. The Morgan fingerprint density at radius 2 is 1.79 bits per heavy atom. The van der Waals surface area contributed by atoms with Gasteiger partial charge in [0.1, 0.15) is 17.9 Å². The lowest BCUT2D eigenvalue weighted by Crippen LogP contribution is -2.10. The minimum absolute atomic E-state index is 0.0875. The molecule has 0 saturated heterocycles. The number of hydrogen-bond acceptors (Lipinski definition) is 4. The van der Waals surface area contributed by atoms with E-state index in [0.717, 1.165) is 5.56 Å². The summed E-state index contributed by atoms with van der Waals surface area (Å²) in [6.07, 6.45) is 0. The van der Waals surface area contributed by atoms with Gasteiger partial charge >= 0.3 is 5.97 Å². The highest BCUT2D eigenvalue weighted by Gasteiger charge is 2.18. The Hall–Kier alpha value is -2.24. The molecule has 2 rings (SSSR count). The molecule has 126 valence electrons. The summed E-state index contributed by atoms with van der Waals surface area (Å²) in [5.41, 5.74) is 1.33. The van der Waals surface area contributed by atoms with Crippen LogP contribution in [0.2, 0.25) is 10.0 Å². The molecule has 0 fully saturated rings. The third-order valence-electron chi connectivity index (χ3n) is 3.10. The molecule has 1 amide bonds. The Labute approximate surface area is 149 Å². The predicted octanol–water partition coefficient (Wildman–Crippen LogP) is 4.32. The smallest absolute Gasteiger partial charge is 0.342 e. The molecule has 0 spiro atoms. The molecule has 2 aromatic carbocycles. The minimum Gasteiger partial charge on any atom is -0.496 e. The van der Waals surface area contributed by atoms with E-state index in [1.54, 1.807) is 24.3 Å². The molecule has 0 aliphatic rings. The molecule has 0 heterocycles. The molecule has 0 radical (unpaired) electrons. The summed E-state index contributed by atoms with van der Waals surface area (Å²) in [5, 5.41) is 3.38. The van der Waals surface area contributed by atoms with E-state index >= 15 is 0 Å². The van der Waals surface area contributed by atoms with E-state index in [9.17, 15) is 9.59 Å². The number of methoxy groups -OCH3 is 1. The summed E-state index contributed by atoms with van der Waals surface area (Å²) in [4.78, 5) is 23.4. The van der Waals surface area contributed by atoms with Crippen LogP contribution < -0.4 is 10.1 Å². The topological polar surface area (TPSA) is 64.6 Å². The van der Waals surface area contributed by atoms with E-state index in [-0.39, 0.29) is 28.8 Å². The van der Waals surface area contributed by atoms with Crippen LogP contribution in [0.1, 0.15) is 22.8 Å². The summed E-state index contributed by atoms with van der Waals surface area (Å²) in [6, 6.07) is 9.83. The summed E-state index contributed by atoms with van der Waals surface area (Å²) < 4.78 is 10.4. The summed E-state index contributed by atoms with van der Waals surface area (Å²) >= 11 is 11.9. The van der Waals surface area contributed by atoms with Gasteiger partial charge in [-0.25, -0.2) is 4.79 Å². The number of esters is 1. The molecule has 0 unspecified atom stereocenters. The van der Waals surface area contributed by atoms with Gasteiger partial charge in [-0.1, -0.05) is 35.3 Å². The fourth-order valence-electron chi connectivity index (χ4n) is 1.97. The number of benzene rings is 2. The highest BCUT2D eigenvalue weighted by atomic mass is 35.5. The van der Waals surface area contributed by atoms with Gasteiger partial charge in [-0.3, -0.25) is 4.79 Å². The molecular formula is C17H15Cl2NO4. The van der Waals surface area contributed by atoms with Crippen molar-refractivity contribution in [3.05, 3.63) is 57.6 Å². The van der Waals surface area contributed by atoms with Gasteiger partial charge in [0, 0.05) is 18.0 Å². The molecule has 24 heavy (non-hydrogen) atoms. The second-order valence-corrected chi connectivity index (χ2v) is 5.76. The molecule has 0 aromatic heterocycles. The first kappa shape index (κ1) is 18.1. The van der Waals surface area contributed by atoms with Crippen LogP contribution in [0.15, 0.2) is 36.4 Å². The maximum absolute atomic E-state index is 12.3. The van der Waals surface area contributed by atoms with Crippen molar-refractivity contribution in [2.75, 3.05) is 12.4 Å². The zero-order chi connectivity index (χ0) is 17.7. The first-order valence-electron chi connectivity index (χ1n) is 6.97. The van der Waals surface area contributed by atoms with Crippen molar-refractivity contribution >= 4 is 40.8 Å². The zero-order valence-electron chi connectivity index (χ0n) is 13.1. The monoisotopic (exact) mass is 367 g/mol. The van der Waals surface area contributed by atoms with E-state index < -0.39 is 5.97 Å². The van der Waals surface area contributed by atoms with E-state index in [4.69, 9.17) is 32.7 Å². The number of hydrogen-bond donors (Lipinski definition) is 1. The number of carbonyl (C=O) groups is 2. The van der Waals surface area contributed by atoms with Crippen molar-refractivity contribution in [3.63, 3.8) is 0 Å². The Kier molecular flexibility index (Phi) is 6.06. The largest absolute Gasteiger partial charge is 0.496 e. The standard InChI is InChI=1S/C17H15Cl2NO4/c1-10(21)20-15-8-16(23-2)13(7-14(15)19)17(22)24-9-11-3-5-12(18)6-4-11/h3-8H,9H2,1-2H3,(H,20,21). The quantitative estimate of drug-likeness (QED) is 0.799. The molecule has 0 aliphatic carbocycles. The Morgan fingerprint density at radius 1 is 1.12 bits per heavy atom. The lowest BCUT2D eigenvalue weighted by molar-refractivity contribution is -0.114. The Morgan fingerprint density at radius 3 is 2.38 bits per heavy atom. The fraction of sp³-hybridized carbons (Fsp3) is 0.176. The summed E-state index contributed by atoms with van der Waals surface area (Å²) in [6.45, 7) is 1.45. The Balaban J connectivity index is 2.17. The van der Waals surface area contributed by atoms with Crippen molar-refractivity contribution in [1.29, 1.82) is 0 Å². The number of amides is 1. The van der Waals surface area contributed by atoms with E-state index in [0.29, 0.717) is 10.7 Å². The zero-order valence-corrected chi connectivity index (χ0v) is 14.6. The fourth-order valence-corrected chi connectivity index (χ4v) is 2.31. The number of halogens is 2. The second kappa shape index (κ2) is 8.04. The van der Waals surface area contributed by atoms with Crippen LogP contribution in [-0.2, 0) is 16.1 Å². The second-order valence-electron chi connectivity index (χ2n) is 4.92. The third kappa shape index (κ3) is 4.63.